The van der Waals surface area contributed by atoms with Gasteiger partial charge in [0.15, 0.2) is 0 Å². The number of hydrogen-bond acceptors (Lipinski definition) is 6. The summed E-state index contributed by atoms with van der Waals surface area (Å²) in [7, 11) is 1.34. The molecule has 0 aliphatic heterocycles. The van der Waals surface area contributed by atoms with Gasteiger partial charge in [-0.25, -0.2) is 9.78 Å². The van der Waals surface area contributed by atoms with Crippen LogP contribution in [0.3, 0.4) is 0 Å². The number of ether oxygens (including phenoxy) is 1. The summed E-state index contributed by atoms with van der Waals surface area (Å²) in [6.07, 6.45) is 1.56. The zero-order valence-electron chi connectivity index (χ0n) is 13.6. The molecule has 132 valence electrons. The van der Waals surface area contributed by atoms with Crippen LogP contribution >= 0.6 is 34.5 Å². The molecule has 0 saturated heterocycles. The number of hydrogen-bond donors (Lipinski definition) is 1. The molecule has 0 bridgehead atoms. The molecule has 0 saturated carbocycles. The third kappa shape index (κ3) is 4.22. The second-order valence-electron chi connectivity index (χ2n) is 5.09. The molecular formula is C18H13Cl2N3O2S. The zero-order chi connectivity index (χ0) is 18.5. The number of nitrogens with one attached hydrogen (secondary N) is 1. The number of carbonyl (C=O) groups is 1. The first-order chi connectivity index (χ1) is 12.6. The van der Waals surface area contributed by atoms with E-state index in [1.165, 1.54) is 7.11 Å². The number of methoxy groups -OCH3 is 1. The van der Waals surface area contributed by atoms with Crippen molar-refractivity contribution in [3.05, 3.63) is 69.0 Å². The molecule has 1 N–H and O–H groups in total. The standard InChI is InChI=1S/C18H13Cl2N3O2S/c1-25-17(24)16-15(11-5-3-2-4-6-11)22-18(26-16)23-21-10-12-7-8-13(19)9-14(12)20/h2-10H,1H3,(H,22,23)/b21-10-. The third-order valence-electron chi connectivity index (χ3n) is 3.37. The molecular weight excluding hydrogens is 393 g/mol. The molecule has 0 unspecified atom stereocenters. The zero-order valence-corrected chi connectivity index (χ0v) is 15.9. The first-order valence-electron chi connectivity index (χ1n) is 7.47. The number of benzene rings is 2. The van der Waals surface area contributed by atoms with E-state index < -0.39 is 5.97 Å². The third-order valence-corrected chi connectivity index (χ3v) is 4.87. The number of thiazole rings is 1. The summed E-state index contributed by atoms with van der Waals surface area (Å²) in [5.74, 6) is -0.445. The molecule has 1 aromatic heterocycles. The fourth-order valence-corrected chi connectivity index (χ4v) is 3.47. The monoisotopic (exact) mass is 405 g/mol. The van der Waals surface area contributed by atoms with Gasteiger partial charge in [-0.15, -0.1) is 0 Å². The number of aromatic nitrogens is 1. The van der Waals surface area contributed by atoms with E-state index in [4.69, 9.17) is 27.9 Å². The minimum Gasteiger partial charge on any atom is -0.465 e. The van der Waals surface area contributed by atoms with E-state index >= 15 is 0 Å². The number of rotatable bonds is 5. The molecule has 1 heterocycles. The van der Waals surface area contributed by atoms with Crippen molar-refractivity contribution < 1.29 is 9.53 Å². The highest BCUT2D eigenvalue weighted by Gasteiger charge is 2.19. The van der Waals surface area contributed by atoms with Gasteiger partial charge < -0.3 is 4.74 Å². The maximum Gasteiger partial charge on any atom is 0.350 e. The summed E-state index contributed by atoms with van der Waals surface area (Å²) in [6, 6.07) is 14.5. The van der Waals surface area contributed by atoms with E-state index in [-0.39, 0.29) is 0 Å². The Labute approximate surface area is 164 Å². The summed E-state index contributed by atoms with van der Waals surface area (Å²) in [4.78, 5) is 16.9. The molecule has 0 fully saturated rings. The lowest BCUT2D eigenvalue weighted by atomic mass is 10.1. The Morgan fingerprint density at radius 3 is 2.69 bits per heavy atom. The van der Waals surface area contributed by atoms with Gasteiger partial charge in [0.05, 0.1) is 24.0 Å². The highest BCUT2D eigenvalue weighted by atomic mass is 35.5. The Bertz CT molecular complexity index is 958. The van der Waals surface area contributed by atoms with Crippen LogP contribution in [0, 0.1) is 0 Å². The van der Waals surface area contributed by atoms with Gasteiger partial charge in [-0.3, -0.25) is 5.43 Å². The predicted molar refractivity (Wildman–Crippen MR) is 107 cm³/mol. The number of hydrazone groups is 1. The Balaban J connectivity index is 1.85. The van der Waals surface area contributed by atoms with Gasteiger partial charge in [-0.1, -0.05) is 70.9 Å². The van der Waals surface area contributed by atoms with Crippen molar-refractivity contribution in [1.29, 1.82) is 0 Å². The van der Waals surface area contributed by atoms with E-state index in [2.05, 4.69) is 15.5 Å². The van der Waals surface area contributed by atoms with Crippen LogP contribution in [0.5, 0.6) is 0 Å². The van der Waals surface area contributed by atoms with Crippen LogP contribution < -0.4 is 5.43 Å². The van der Waals surface area contributed by atoms with Gasteiger partial charge >= 0.3 is 5.97 Å². The number of halogens is 2. The van der Waals surface area contributed by atoms with Gasteiger partial charge in [0.25, 0.3) is 0 Å². The van der Waals surface area contributed by atoms with Crippen LogP contribution in [0.15, 0.2) is 53.6 Å². The van der Waals surface area contributed by atoms with E-state index in [1.54, 1.807) is 24.4 Å². The van der Waals surface area contributed by atoms with Crippen LogP contribution in [-0.4, -0.2) is 24.3 Å². The molecule has 2 aromatic carbocycles. The minimum absolute atomic E-state index is 0.404. The highest BCUT2D eigenvalue weighted by Crippen LogP contribution is 2.31. The molecule has 8 heteroatoms. The Kier molecular flexibility index (Phi) is 5.88. The summed E-state index contributed by atoms with van der Waals surface area (Å²) in [5, 5.41) is 5.63. The van der Waals surface area contributed by atoms with Crippen molar-refractivity contribution in [1.82, 2.24) is 4.98 Å². The smallest absolute Gasteiger partial charge is 0.350 e. The second kappa shape index (κ2) is 8.31. The summed E-state index contributed by atoms with van der Waals surface area (Å²) in [6.45, 7) is 0. The molecule has 0 aliphatic carbocycles. The van der Waals surface area contributed by atoms with Crippen molar-refractivity contribution in [2.45, 2.75) is 0 Å². The predicted octanol–water partition coefficient (Wildman–Crippen LogP) is 5.35. The van der Waals surface area contributed by atoms with Crippen LogP contribution in [0.2, 0.25) is 10.0 Å². The van der Waals surface area contributed by atoms with E-state index in [0.29, 0.717) is 31.3 Å². The van der Waals surface area contributed by atoms with Crippen LogP contribution in [0.1, 0.15) is 15.2 Å². The summed E-state index contributed by atoms with van der Waals surface area (Å²) < 4.78 is 4.85. The van der Waals surface area contributed by atoms with E-state index in [9.17, 15) is 4.79 Å². The van der Waals surface area contributed by atoms with Gasteiger partial charge in [0, 0.05) is 16.1 Å². The van der Waals surface area contributed by atoms with Crippen molar-refractivity contribution in [2.75, 3.05) is 12.5 Å². The summed E-state index contributed by atoms with van der Waals surface area (Å²) in [5.41, 5.74) is 4.89. The molecule has 5 nitrogen and oxygen atoms in total. The average molecular weight is 406 g/mol. The lowest BCUT2D eigenvalue weighted by Gasteiger charge is -1.99. The van der Waals surface area contributed by atoms with Crippen LogP contribution in [-0.2, 0) is 4.74 Å². The fourth-order valence-electron chi connectivity index (χ4n) is 2.15. The molecule has 0 spiro atoms. The van der Waals surface area contributed by atoms with Gasteiger partial charge in [-0.2, -0.15) is 5.10 Å². The average Bonchev–Trinajstić information content (AvgIpc) is 3.08. The minimum atomic E-state index is -0.445. The topological polar surface area (TPSA) is 63.6 Å². The quantitative estimate of drug-likeness (QED) is 0.353. The summed E-state index contributed by atoms with van der Waals surface area (Å²) >= 11 is 13.1. The first kappa shape index (κ1) is 18.4. The SMILES string of the molecule is COC(=O)c1sc(N/N=C\c2ccc(Cl)cc2Cl)nc1-c1ccccc1. The largest absolute Gasteiger partial charge is 0.465 e. The molecule has 3 rings (SSSR count). The lowest BCUT2D eigenvalue weighted by Crippen LogP contribution is -2.00. The van der Waals surface area contributed by atoms with Crippen molar-refractivity contribution in [2.24, 2.45) is 5.10 Å². The van der Waals surface area contributed by atoms with Crippen LogP contribution in [0.4, 0.5) is 5.13 Å². The molecule has 0 atom stereocenters. The lowest BCUT2D eigenvalue weighted by molar-refractivity contribution is 0.0607. The van der Waals surface area contributed by atoms with Crippen molar-refractivity contribution in [3.63, 3.8) is 0 Å². The molecule has 0 aliphatic rings. The Morgan fingerprint density at radius 1 is 1.23 bits per heavy atom. The Hall–Kier alpha value is -2.41. The van der Waals surface area contributed by atoms with Crippen molar-refractivity contribution >= 4 is 51.9 Å². The van der Waals surface area contributed by atoms with E-state index in [0.717, 1.165) is 16.9 Å². The molecule has 3 aromatic rings. The molecule has 0 amide bonds. The number of carbonyl (C=O) groups excluding carboxylic acids is 1. The number of nitrogens with zero attached hydrogens (tertiary/aromatic N) is 2. The van der Waals surface area contributed by atoms with Crippen molar-refractivity contribution in [3.8, 4) is 11.3 Å². The first-order valence-corrected chi connectivity index (χ1v) is 9.04. The normalized spacial score (nSPS) is 10.9. The second-order valence-corrected chi connectivity index (χ2v) is 6.93. The fraction of sp³-hybridized carbons (Fsp3) is 0.0556. The molecule has 26 heavy (non-hydrogen) atoms. The van der Waals surface area contributed by atoms with E-state index in [1.807, 2.05) is 30.3 Å². The van der Waals surface area contributed by atoms with Gasteiger partial charge in [-0.05, 0) is 12.1 Å². The number of esters is 1. The number of anilines is 1. The maximum absolute atomic E-state index is 12.0. The van der Waals surface area contributed by atoms with Crippen LogP contribution in [0.25, 0.3) is 11.3 Å². The van der Waals surface area contributed by atoms with Gasteiger partial charge in [0.2, 0.25) is 5.13 Å². The van der Waals surface area contributed by atoms with Gasteiger partial charge in [0.1, 0.15) is 4.88 Å². The highest BCUT2D eigenvalue weighted by molar-refractivity contribution is 7.17. The Morgan fingerprint density at radius 2 is 2.00 bits per heavy atom. The molecule has 0 radical (unpaired) electrons. The maximum atomic E-state index is 12.0.